The van der Waals surface area contributed by atoms with E-state index >= 15 is 0 Å². The number of benzene rings is 1. The number of nitrogens with zero attached hydrogens (tertiary/aromatic N) is 2. The number of rotatable bonds is 5. The van der Waals surface area contributed by atoms with Gasteiger partial charge in [0.2, 0.25) is 0 Å². The predicted octanol–water partition coefficient (Wildman–Crippen LogP) is 3.97. The van der Waals surface area contributed by atoms with E-state index in [0.717, 1.165) is 46.7 Å². The summed E-state index contributed by atoms with van der Waals surface area (Å²) in [6.07, 6.45) is 0.928. The molecular formula is C17H19N3OS. The summed E-state index contributed by atoms with van der Waals surface area (Å²) in [5.41, 5.74) is 4.15. The second-order valence-corrected chi connectivity index (χ2v) is 6.20. The summed E-state index contributed by atoms with van der Waals surface area (Å²) in [7, 11) is 1.67. The van der Waals surface area contributed by atoms with Crippen molar-refractivity contribution in [2.24, 2.45) is 0 Å². The molecular weight excluding hydrogens is 294 g/mol. The number of ether oxygens (including phenoxy) is 1. The number of methoxy groups -OCH3 is 1. The minimum Gasteiger partial charge on any atom is -0.497 e. The molecule has 3 rings (SSSR count). The normalized spacial score (nSPS) is 10.9. The molecule has 0 aliphatic rings. The van der Waals surface area contributed by atoms with Gasteiger partial charge in [0.05, 0.1) is 17.6 Å². The number of thiazole rings is 1. The zero-order valence-corrected chi connectivity index (χ0v) is 13.8. The fourth-order valence-electron chi connectivity index (χ4n) is 2.44. The number of anilines is 1. The molecule has 2 aromatic heterocycles. The zero-order valence-electron chi connectivity index (χ0n) is 13.0. The highest BCUT2D eigenvalue weighted by Crippen LogP contribution is 2.26. The van der Waals surface area contributed by atoms with Gasteiger partial charge in [0, 0.05) is 46.9 Å². The van der Waals surface area contributed by atoms with Crippen molar-refractivity contribution in [2.45, 2.75) is 20.3 Å². The molecule has 0 aliphatic carbocycles. The van der Waals surface area contributed by atoms with E-state index in [4.69, 9.17) is 4.74 Å². The minimum absolute atomic E-state index is 0.829. The van der Waals surface area contributed by atoms with Gasteiger partial charge >= 0.3 is 0 Å². The van der Waals surface area contributed by atoms with E-state index in [9.17, 15) is 0 Å². The molecule has 0 saturated heterocycles. The summed E-state index contributed by atoms with van der Waals surface area (Å²) in [4.78, 5) is 9.08. The van der Waals surface area contributed by atoms with E-state index in [1.807, 2.05) is 26.0 Å². The SMILES string of the molecule is COc1ccc2c(NCCc3nc(C)cs3)cc(C)nc2c1. The van der Waals surface area contributed by atoms with Crippen LogP contribution in [0.15, 0.2) is 29.6 Å². The molecule has 0 spiro atoms. The molecule has 5 heteroatoms. The lowest BCUT2D eigenvalue weighted by Gasteiger charge is -2.11. The van der Waals surface area contributed by atoms with Gasteiger partial charge in [-0.3, -0.25) is 4.98 Å². The molecule has 0 atom stereocenters. The number of nitrogens with one attached hydrogen (secondary N) is 1. The van der Waals surface area contributed by atoms with Gasteiger partial charge in [-0.05, 0) is 32.0 Å². The number of hydrogen-bond donors (Lipinski definition) is 1. The topological polar surface area (TPSA) is 47.0 Å². The Hall–Kier alpha value is -2.14. The van der Waals surface area contributed by atoms with Gasteiger partial charge in [0.15, 0.2) is 0 Å². The van der Waals surface area contributed by atoms with Crippen LogP contribution in [-0.2, 0) is 6.42 Å². The first-order valence-corrected chi connectivity index (χ1v) is 8.14. The maximum absolute atomic E-state index is 5.28. The van der Waals surface area contributed by atoms with Crippen LogP contribution < -0.4 is 10.1 Å². The average Bonchev–Trinajstić information content (AvgIpc) is 2.91. The van der Waals surface area contributed by atoms with Gasteiger partial charge in [-0.25, -0.2) is 4.98 Å². The molecule has 0 aliphatic heterocycles. The maximum Gasteiger partial charge on any atom is 0.121 e. The summed E-state index contributed by atoms with van der Waals surface area (Å²) >= 11 is 1.72. The Morgan fingerprint density at radius 1 is 1.14 bits per heavy atom. The van der Waals surface area contributed by atoms with Gasteiger partial charge in [0.25, 0.3) is 0 Å². The van der Waals surface area contributed by atoms with Crippen LogP contribution in [0.5, 0.6) is 5.75 Å². The van der Waals surface area contributed by atoms with Crippen molar-refractivity contribution >= 4 is 27.9 Å². The van der Waals surface area contributed by atoms with Gasteiger partial charge in [-0.15, -0.1) is 11.3 Å². The molecule has 0 fully saturated rings. The third-order valence-corrected chi connectivity index (χ3v) is 4.49. The Kier molecular flexibility index (Phi) is 4.24. The van der Waals surface area contributed by atoms with Gasteiger partial charge in [0.1, 0.15) is 5.75 Å². The van der Waals surface area contributed by atoms with Crippen LogP contribution in [0.3, 0.4) is 0 Å². The van der Waals surface area contributed by atoms with Crippen LogP contribution in [-0.4, -0.2) is 23.6 Å². The second kappa shape index (κ2) is 6.32. The lowest BCUT2D eigenvalue weighted by Crippen LogP contribution is -2.06. The van der Waals surface area contributed by atoms with E-state index in [1.54, 1.807) is 18.4 Å². The molecule has 0 radical (unpaired) electrons. The Bertz CT molecular complexity index is 798. The van der Waals surface area contributed by atoms with E-state index < -0.39 is 0 Å². The van der Waals surface area contributed by atoms with E-state index in [-0.39, 0.29) is 0 Å². The maximum atomic E-state index is 5.28. The van der Waals surface area contributed by atoms with Crippen molar-refractivity contribution in [3.05, 3.63) is 46.0 Å². The summed E-state index contributed by atoms with van der Waals surface area (Å²) in [6, 6.07) is 8.07. The summed E-state index contributed by atoms with van der Waals surface area (Å²) < 4.78 is 5.28. The molecule has 4 nitrogen and oxygen atoms in total. The van der Waals surface area contributed by atoms with Gasteiger partial charge in [-0.2, -0.15) is 0 Å². The Labute approximate surface area is 134 Å². The first-order chi connectivity index (χ1) is 10.7. The largest absolute Gasteiger partial charge is 0.497 e. The minimum atomic E-state index is 0.829. The van der Waals surface area contributed by atoms with Crippen LogP contribution >= 0.6 is 11.3 Å². The number of pyridine rings is 1. The first kappa shape index (κ1) is 14.8. The third kappa shape index (κ3) is 3.20. The molecule has 114 valence electrons. The van der Waals surface area contributed by atoms with Crippen LogP contribution in [0.4, 0.5) is 5.69 Å². The molecule has 1 aromatic carbocycles. The molecule has 2 heterocycles. The summed E-state index contributed by atoms with van der Waals surface area (Å²) in [5, 5.41) is 7.88. The number of aryl methyl sites for hydroxylation is 2. The van der Waals surface area contributed by atoms with Crippen LogP contribution in [0.25, 0.3) is 10.9 Å². The summed E-state index contributed by atoms with van der Waals surface area (Å²) in [6.45, 7) is 4.90. The van der Waals surface area contributed by atoms with E-state index in [2.05, 4.69) is 32.8 Å². The van der Waals surface area contributed by atoms with E-state index in [1.165, 1.54) is 5.01 Å². The monoisotopic (exact) mass is 313 g/mol. The molecule has 0 bridgehead atoms. The van der Waals surface area contributed by atoms with Crippen molar-refractivity contribution in [3.63, 3.8) is 0 Å². The number of fused-ring (bicyclic) bond motifs is 1. The molecule has 22 heavy (non-hydrogen) atoms. The number of hydrogen-bond acceptors (Lipinski definition) is 5. The quantitative estimate of drug-likeness (QED) is 0.774. The highest BCUT2D eigenvalue weighted by molar-refractivity contribution is 7.09. The highest BCUT2D eigenvalue weighted by Gasteiger charge is 2.06. The highest BCUT2D eigenvalue weighted by atomic mass is 32.1. The lowest BCUT2D eigenvalue weighted by molar-refractivity contribution is 0.415. The predicted molar refractivity (Wildman–Crippen MR) is 92.1 cm³/mol. The third-order valence-electron chi connectivity index (χ3n) is 3.47. The van der Waals surface area contributed by atoms with Crippen molar-refractivity contribution in [2.75, 3.05) is 19.0 Å². The molecule has 1 N–H and O–H groups in total. The van der Waals surface area contributed by atoms with Gasteiger partial charge in [-0.1, -0.05) is 0 Å². The standard InChI is InChI=1S/C17H19N3OS/c1-11-8-15(18-7-6-17-20-12(2)10-22-17)14-5-4-13(21-3)9-16(14)19-11/h4-5,8-10H,6-7H2,1-3H3,(H,18,19). The molecule has 0 saturated carbocycles. The fraction of sp³-hybridized carbons (Fsp3) is 0.294. The zero-order chi connectivity index (χ0) is 15.5. The average molecular weight is 313 g/mol. The van der Waals surface area contributed by atoms with E-state index in [0.29, 0.717) is 0 Å². The smallest absolute Gasteiger partial charge is 0.121 e. The van der Waals surface area contributed by atoms with Crippen LogP contribution in [0, 0.1) is 13.8 Å². The fourth-order valence-corrected chi connectivity index (χ4v) is 3.21. The Morgan fingerprint density at radius 2 is 2.00 bits per heavy atom. The van der Waals surface area contributed by atoms with Gasteiger partial charge < -0.3 is 10.1 Å². The van der Waals surface area contributed by atoms with Crippen molar-refractivity contribution in [1.82, 2.24) is 9.97 Å². The second-order valence-electron chi connectivity index (χ2n) is 5.25. The van der Waals surface area contributed by atoms with Crippen molar-refractivity contribution in [3.8, 4) is 5.75 Å². The number of aromatic nitrogens is 2. The van der Waals surface area contributed by atoms with Crippen molar-refractivity contribution < 1.29 is 4.74 Å². The molecule has 0 unspecified atom stereocenters. The van der Waals surface area contributed by atoms with Crippen LogP contribution in [0.2, 0.25) is 0 Å². The summed E-state index contributed by atoms with van der Waals surface area (Å²) in [5.74, 6) is 0.829. The Morgan fingerprint density at radius 3 is 2.73 bits per heavy atom. The first-order valence-electron chi connectivity index (χ1n) is 7.26. The Balaban J connectivity index is 1.80. The molecule has 3 aromatic rings. The van der Waals surface area contributed by atoms with Crippen molar-refractivity contribution in [1.29, 1.82) is 0 Å². The lowest BCUT2D eigenvalue weighted by atomic mass is 10.1. The van der Waals surface area contributed by atoms with Crippen LogP contribution in [0.1, 0.15) is 16.4 Å². The molecule has 0 amide bonds.